The van der Waals surface area contributed by atoms with Crippen molar-refractivity contribution in [3.63, 3.8) is 0 Å². The van der Waals surface area contributed by atoms with Crippen LogP contribution < -0.4 is 0 Å². The standard InChI is InChI=1S/C19H20N4O3S/c1-3-13(2)22(12-16(24)25)19(26)17-20-18(15-10-7-11-27-15)23(21-17)14-8-5-4-6-9-14/h4-11,13H,3,12H2,1-2H3,(H,24,25). The lowest BCUT2D eigenvalue weighted by Gasteiger charge is -2.25. The van der Waals surface area contributed by atoms with Crippen LogP contribution in [0.2, 0.25) is 0 Å². The van der Waals surface area contributed by atoms with Gasteiger partial charge in [-0.05, 0) is 36.9 Å². The van der Waals surface area contributed by atoms with E-state index in [0.717, 1.165) is 10.6 Å². The highest BCUT2D eigenvalue weighted by molar-refractivity contribution is 7.13. The Kier molecular flexibility index (Phi) is 5.66. The SMILES string of the molecule is CCC(C)N(CC(=O)O)C(=O)c1nc(-c2cccs2)n(-c2ccccc2)n1. The molecule has 2 aromatic heterocycles. The summed E-state index contributed by atoms with van der Waals surface area (Å²) in [5, 5.41) is 15.5. The summed E-state index contributed by atoms with van der Waals surface area (Å²) in [5.41, 5.74) is 0.778. The first kappa shape index (κ1) is 18.8. The van der Waals surface area contributed by atoms with Gasteiger partial charge < -0.3 is 10.0 Å². The third kappa shape index (κ3) is 4.06. The zero-order chi connectivity index (χ0) is 19.4. The Morgan fingerprint density at radius 3 is 2.56 bits per heavy atom. The van der Waals surface area contributed by atoms with Gasteiger partial charge in [0.05, 0.1) is 10.6 Å². The van der Waals surface area contributed by atoms with Crippen molar-refractivity contribution >= 4 is 23.2 Å². The van der Waals surface area contributed by atoms with Gasteiger partial charge in [0.15, 0.2) is 5.82 Å². The average molecular weight is 384 g/mol. The molecule has 0 aliphatic rings. The number of hydrogen-bond acceptors (Lipinski definition) is 5. The second kappa shape index (κ2) is 8.13. The first-order valence-corrected chi connectivity index (χ1v) is 9.48. The molecular weight excluding hydrogens is 364 g/mol. The van der Waals surface area contributed by atoms with Crippen molar-refractivity contribution in [2.45, 2.75) is 26.3 Å². The largest absolute Gasteiger partial charge is 0.480 e. The average Bonchev–Trinajstić information content (AvgIpc) is 3.35. The van der Waals surface area contributed by atoms with Crippen LogP contribution in [0.3, 0.4) is 0 Å². The highest BCUT2D eigenvalue weighted by atomic mass is 32.1. The summed E-state index contributed by atoms with van der Waals surface area (Å²) < 4.78 is 1.62. The third-order valence-electron chi connectivity index (χ3n) is 4.23. The minimum Gasteiger partial charge on any atom is -0.480 e. The van der Waals surface area contributed by atoms with Crippen molar-refractivity contribution in [3.05, 3.63) is 53.7 Å². The Balaban J connectivity index is 2.05. The molecule has 0 bridgehead atoms. The normalized spacial score (nSPS) is 11.9. The van der Waals surface area contributed by atoms with Crippen LogP contribution in [0.1, 0.15) is 30.9 Å². The number of carboxylic acids is 1. The molecular formula is C19H20N4O3S. The fourth-order valence-corrected chi connectivity index (χ4v) is 3.34. The van der Waals surface area contributed by atoms with E-state index in [4.69, 9.17) is 0 Å². The summed E-state index contributed by atoms with van der Waals surface area (Å²) in [5.74, 6) is -1.01. The lowest BCUT2D eigenvalue weighted by Crippen LogP contribution is -2.42. The van der Waals surface area contributed by atoms with Gasteiger partial charge in [-0.25, -0.2) is 9.67 Å². The first-order valence-electron chi connectivity index (χ1n) is 8.60. The minimum atomic E-state index is -1.07. The van der Waals surface area contributed by atoms with Gasteiger partial charge in [-0.15, -0.1) is 16.4 Å². The maximum Gasteiger partial charge on any atom is 0.323 e. The van der Waals surface area contributed by atoms with E-state index in [1.165, 1.54) is 16.2 Å². The van der Waals surface area contributed by atoms with E-state index in [-0.39, 0.29) is 18.4 Å². The van der Waals surface area contributed by atoms with Crippen LogP contribution in [0.25, 0.3) is 16.4 Å². The number of carbonyl (C=O) groups excluding carboxylic acids is 1. The molecule has 2 heterocycles. The molecule has 0 saturated heterocycles. The molecule has 3 rings (SSSR count). The van der Waals surface area contributed by atoms with Crippen LogP contribution in [-0.4, -0.2) is 49.2 Å². The molecule has 27 heavy (non-hydrogen) atoms. The van der Waals surface area contributed by atoms with Gasteiger partial charge in [0, 0.05) is 6.04 Å². The van der Waals surface area contributed by atoms with Gasteiger partial charge in [-0.1, -0.05) is 31.2 Å². The Morgan fingerprint density at radius 2 is 1.96 bits per heavy atom. The summed E-state index contributed by atoms with van der Waals surface area (Å²) in [4.78, 5) is 30.8. The molecule has 0 saturated carbocycles. The van der Waals surface area contributed by atoms with Gasteiger partial charge in [0.1, 0.15) is 6.54 Å². The molecule has 7 nitrogen and oxygen atoms in total. The van der Waals surface area contributed by atoms with Gasteiger partial charge in [-0.3, -0.25) is 9.59 Å². The number of aliphatic carboxylic acids is 1. The monoisotopic (exact) mass is 384 g/mol. The smallest absolute Gasteiger partial charge is 0.323 e. The van der Waals surface area contributed by atoms with Gasteiger partial charge in [0.2, 0.25) is 5.82 Å². The van der Waals surface area contributed by atoms with E-state index in [1.54, 1.807) is 4.68 Å². The summed E-state index contributed by atoms with van der Waals surface area (Å²) in [6.07, 6.45) is 0.635. The van der Waals surface area contributed by atoms with Crippen LogP contribution in [0.5, 0.6) is 0 Å². The van der Waals surface area contributed by atoms with Crippen LogP contribution in [0.4, 0.5) is 0 Å². The van der Waals surface area contributed by atoms with E-state index in [1.807, 2.05) is 61.7 Å². The van der Waals surface area contributed by atoms with Crippen LogP contribution >= 0.6 is 11.3 Å². The Morgan fingerprint density at radius 1 is 1.22 bits per heavy atom. The third-order valence-corrected chi connectivity index (χ3v) is 5.10. The number of amides is 1. The lowest BCUT2D eigenvalue weighted by atomic mass is 10.2. The summed E-state index contributed by atoms with van der Waals surface area (Å²) in [7, 11) is 0. The van der Waals surface area contributed by atoms with E-state index in [2.05, 4.69) is 10.1 Å². The van der Waals surface area contributed by atoms with Crippen molar-refractivity contribution in [1.82, 2.24) is 19.7 Å². The van der Waals surface area contributed by atoms with Gasteiger partial charge in [-0.2, -0.15) is 0 Å². The Labute approximate surface area is 160 Å². The molecule has 0 fully saturated rings. The number of nitrogens with zero attached hydrogens (tertiary/aromatic N) is 4. The molecule has 0 aliphatic heterocycles. The van der Waals surface area contributed by atoms with E-state index in [9.17, 15) is 14.7 Å². The van der Waals surface area contributed by atoms with Gasteiger partial charge >= 0.3 is 5.97 Å². The highest BCUT2D eigenvalue weighted by Gasteiger charge is 2.28. The van der Waals surface area contributed by atoms with Crippen molar-refractivity contribution in [2.24, 2.45) is 0 Å². The predicted octanol–water partition coefficient (Wildman–Crippen LogP) is 3.32. The fourth-order valence-electron chi connectivity index (χ4n) is 2.64. The Bertz CT molecular complexity index is 922. The number of carboxylic acid groups (broad SMARTS) is 1. The topological polar surface area (TPSA) is 88.3 Å². The maximum absolute atomic E-state index is 13.0. The second-order valence-electron chi connectivity index (χ2n) is 6.07. The maximum atomic E-state index is 13.0. The first-order chi connectivity index (χ1) is 13.0. The summed E-state index contributed by atoms with van der Waals surface area (Å²) >= 11 is 1.50. The molecule has 1 aromatic carbocycles. The number of carbonyl (C=O) groups is 2. The number of para-hydroxylation sites is 1. The lowest BCUT2D eigenvalue weighted by molar-refractivity contribution is -0.138. The number of benzene rings is 1. The highest BCUT2D eigenvalue weighted by Crippen LogP contribution is 2.26. The number of rotatable bonds is 7. The molecule has 8 heteroatoms. The molecule has 1 amide bonds. The van der Waals surface area contributed by atoms with Crippen LogP contribution in [0, 0.1) is 0 Å². The molecule has 140 valence electrons. The van der Waals surface area contributed by atoms with Crippen molar-refractivity contribution in [2.75, 3.05) is 6.54 Å². The van der Waals surface area contributed by atoms with E-state index in [0.29, 0.717) is 12.2 Å². The van der Waals surface area contributed by atoms with Gasteiger partial charge in [0.25, 0.3) is 5.91 Å². The van der Waals surface area contributed by atoms with Crippen molar-refractivity contribution in [3.8, 4) is 16.4 Å². The number of thiophene rings is 1. The fraction of sp³-hybridized carbons (Fsp3) is 0.263. The van der Waals surface area contributed by atoms with E-state index >= 15 is 0 Å². The quantitative estimate of drug-likeness (QED) is 0.675. The number of hydrogen-bond donors (Lipinski definition) is 1. The van der Waals surface area contributed by atoms with Crippen LogP contribution in [0.15, 0.2) is 47.8 Å². The minimum absolute atomic E-state index is 0.0104. The number of aromatic nitrogens is 3. The summed E-state index contributed by atoms with van der Waals surface area (Å²) in [6.45, 7) is 3.33. The molecule has 3 aromatic rings. The molecule has 1 N–H and O–H groups in total. The summed E-state index contributed by atoms with van der Waals surface area (Å²) in [6, 6.07) is 13.0. The predicted molar refractivity (Wildman–Crippen MR) is 103 cm³/mol. The van der Waals surface area contributed by atoms with Crippen molar-refractivity contribution in [1.29, 1.82) is 0 Å². The molecule has 0 aliphatic carbocycles. The molecule has 1 unspecified atom stereocenters. The second-order valence-corrected chi connectivity index (χ2v) is 7.02. The Hall–Kier alpha value is -3.00. The zero-order valence-electron chi connectivity index (χ0n) is 15.1. The van der Waals surface area contributed by atoms with Crippen LogP contribution in [-0.2, 0) is 4.79 Å². The molecule has 0 spiro atoms. The van der Waals surface area contributed by atoms with Crippen molar-refractivity contribution < 1.29 is 14.7 Å². The zero-order valence-corrected chi connectivity index (χ0v) is 15.9. The molecule has 0 radical (unpaired) electrons. The van der Waals surface area contributed by atoms with E-state index < -0.39 is 11.9 Å². The molecule has 1 atom stereocenters.